The van der Waals surface area contributed by atoms with Gasteiger partial charge in [-0.1, -0.05) is 0 Å². The van der Waals surface area contributed by atoms with Crippen molar-refractivity contribution in [3.8, 4) is 0 Å². The number of halogens is 1. The van der Waals surface area contributed by atoms with E-state index in [4.69, 9.17) is 9.84 Å². The van der Waals surface area contributed by atoms with Crippen molar-refractivity contribution in [1.29, 1.82) is 0 Å². The lowest BCUT2D eigenvalue weighted by molar-refractivity contribution is -0.148. The summed E-state index contributed by atoms with van der Waals surface area (Å²) >= 11 is 0. The lowest BCUT2D eigenvalue weighted by atomic mass is 10.1. The number of carbonyl (C=O) groups excluding carboxylic acids is 2. The van der Waals surface area contributed by atoms with Gasteiger partial charge >= 0.3 is 5.97 Å². The summed E-state index contributed by atoms with van der Waals surface area (Å²) in [5.74, 6) is -3.06. The van der Waals surface area contributed by atoms with Crippen LogP contribution in [0, 0.1) is 5.82 Å². The molecule has 22 heavy (non-hydrogen) atoms. The molecule has 1 aromatic rings. The molecule has 118 valence electrons. The van der Waals surface area contributed by atoms with E-state index in [2.05, 4.69) is 10.6 Å². The minimum absolute atomic E-state index is 0.205. The standard InChI is InChI=1S/C14H15FN2O5/c1-7(18)16-8-2-3-10(15)9(6-8)13(19)17-11-4-5-22-12(11)14(20)21/h2-3,6,11-12H,4-5H2,1H3,(H,16,18)(H,17,19)(H,20,21)/t11-,12+/m1/s1. The summed E-state index contributed by atoms with van der Waals surface area (Å²) < 4.78 is 18.8. The van der Waals surface area contributed by atoms with E-state index in [9.17, 15) is 18.8 Å². The van der Waals surface area contributed by atoms with Crippen LogP contribution in [0.2, 0.25) is 0 Å². The van der Waals surface area contributed by atoms with Gasteiger partial charge in [0.05, 0.1) is 11.6 Å². The first-order chi connectivity index (χ1) is 10.4. The first-order valence-electron chi connectivity index (χ1n) is 6.61. The Balaban J connectivity index is 2.15. The number of hydrogen-bond donors (Lipinski definition) is 3. The average molecular weight is 310 g/mol. The van der Waals surface area contributed by atoms with E-state index in [1.54, 1.807) is 0 Å². The molecule has 1 saturated heterocycles. The fourth-order valence-electron chi connectivity index (χ4n) is 2.21. The third kappa shape index (κ3) is 3.59. The third-order valence-corrected chi connectivity index (χ3v) is 3.18. The van der Waals surface area contributed by atoms with Crippen LogP contribution in [0.25, 0.3) is 0 Å². The van der Waals surface area contributed by atoms with Gasteiger partial charge in [-0.05, 0) is 24.6 Å². The number of nitrogens with one attached hydrogen (secondary N) is 2. The Kier molecular flexibility index (Phi) is 4.71. The topological polar surface area (TPSA) is 105 Å². The van der Waals surface area contributed by atoms with Crippen molar-refractivity contribution in [2.45, 2.75) is 25.5 Å². The molecule has 0 aliphatic carbocycles. The molecule has 2 amide bonds. The maximum absolute atomic E-state index is 13.8. The number of amides is 2. The Labute approximate surface area is 125 Å². The molecule has 0 unspecified atom stereocenters. The van der Waals surface area contributed by atoms with Gasteiger partial charge < -0.3 is 20.5 Å². The smallest absolute Gasteiger partial charge is 0.334 e. The van der Waals surface area contributed by atoms with Crippen molar-refractivity contribution in [2.24, 2.45) is 0 Å². The van der Waals surface area contributed by atoms with Gasteiger partial charge in [-0.3, -0.25) is 9.59 Å². The molecular weight excluding hydrogens is 295 g/mol. The van der Waals surface area contributed by atoms with Gasteiger partial charge in [0.1, 0.15) is 5.82 Å². The number of ether oxygens (including phenoxy) is 1. The number of aliphatic carboxylic acids is 1. The third-order valence-electron chi connectivity index (χ3n) is 3.18. The predicted octanol–water partition coefficient (Wildman–Crippen LogP) is 0.756. The number of carbonyl (C=O) groups is 3. The van der Waals surface area contributed by atoms with E-state index in [-0.39, 0.29) is 23.8 Å². The van der Waals surface area contributed by atoms with Crippen LogP contribution in [0.1, 0.15) is 23.7 Å². The number of hydrogen-bond acceptors (Lipinski definition) is 4. The molecule has 1 aromatic carbocycles. The quantitative estimate of drug-likeness (QED) is 0.761. The van der Waals surface area contributed by atoms with Gasteiger partial charge in [0.2, 0.25) is 5.91 Å². The number of carboxylic acids is 1. The van der Waals surface area contributed by atoms with Crippen LogP contribution in [0.5, 0.6) is 0 Å². The number of benzene rings is 1. The summed E-state index contributed by atoms with van der Waals surface area (Å²) in [5.41, 5.74) is -0.00112. The van der Waals surface area contributed by atoms with Crippen LogP contribution in [-0.2, 0) is 14.3 Å². The molecule has 8 heteroatoms. The second-order valence-electron chi connectivity index (χ2n) is 4.87. The van der Waals surface area contributed by atoms with Gasteiger partial charge in [-0.25, -0.2) is 9.18 Å². The summed E-state index contributed by atoms with van der Waals surface area (Å²) in [7, 11) is 0. The van der Waals surface area contributed by atoms with Crippen LogP contribution in [0.4, 0.5) is 10.1 Å². The monoisotopic (exact) mass is 310 g/mol. The Hall–Kier alpha value is -2.48. The molecule has 2 atom stereocenters. The van der Waals surface area contributed by atoms with Crippen molar-refractivity contribution in [2.75, 3.05) is 11.9 Å². The van der Waals surface area contributed by atoms with E-state index in [0.717, 1.165) is 6.07 Å². The van der Waals surface area contributed by atoms with Crippen molar-refractivity contribution < 1.29 is 28.6 Å². The minimum Gasteiger partial charge on any atom is -0.479 e. The molecule has 0 saturated carbocycles. The van der Waals surface area contributed by atoms with Gasteiger partial charge in [0.15, 0.2) is 6.10 Å². The highest BCUT2D eigenvalue weighted by Crippen LogP contribution is 2.18. The molecule has 1 heterocycles. The number of anilines is 1. The Morgan fingerprint density at radius 3 is 2.73 bits per heavy atom. The number of carboxylic acid groups (broad SMARTS) is 1. The van der Waals surface area contributed by atoms with E-state index in [0.29, 0.717) is 6.42 Å². The largest absolute Gasteiger partial charge is 0.479 e. The Morgan fingerprint density at radius 2 is 2.09 bits per heavy atom. The molecule has 7 nitrogen and oxygen atoms in total. The Bertz CT molecular complexity index is 619. The second-order valence-corrected chi connectivity index (χ2v) is 4.87. The lowest BCUT2D eigenvalue weighted by Gasteiger charge is -2.16. The summed E-state index contributed by atoms with van der Waals surface area (Å²) in [6, 6.07) is 2.85. The van der Waals surface area contributed by atoms with Crippen LogP contribution in [-0.4, -0.2) is 41.6 Å². The molecule has 3 N–H and O–H groups in total. The average Bonchev–Trinajstić information content (AvgIpc) is 2.88. The van der Waals surface area contributed by atoms with Crippen molar-refractivity contribution in [3.05, 3.63) is 29.6 Å². The highest BCUT2D eigenvalue weighted by Gasteiger charge is 2.35. The van der Waals surface area contributed by atoms with E-state index in [1.165, 1.54) is 19.1 Å². The fraction of sp³-hybridized carbons (Fsp3) is 0.357. The van der Waals surface area contributed by atoms with E-state index < -0.39 is 29.8 Å². The first kappa shape index (κ1) is 15.9. The maximum atomic E-state index is 13.8. The molecule has 1 fully saturated rings. The van der Waals surface area contributed by atoms with Crippen LogP contribution in [0.3, 0.4) is 0 Å². The van der Waals surface area contributed by atoms with Crippen LogP contribution in [0.15, 0.2) is 18.2 Å². The van der Waals surface area contributed by atoms with Crippen molar-refractivity contribution >= 4 is 23.5 Å². The summed E-state index contributed by atoms with van der Waals surface area (Å²) in [6.45, 7) is 1.49. The molecule has 1 aliphatic heterocycles. The molecule has 0 spiro atoms. The zero-order chi connectivity index (χ0) is 16.3. The van der Waals surface area contributed by atoms with Crippen LogP contribution >= 0.6 is 0 Å². The molecule has 0 radical (unpaired) electrons. The van der Waals surface area contributed by atoms with E-state index >= 15 is 0 Å². The highest BCUT2D eigenvalue weighted by molar-refractivity contribution is 5.97. The zero-order valence-corrected chi connectivity index (χ0v) is 11.8. The van der Waals surface area contributed by atoms with Gasteiger partial charge in [-0.15, -0.1) is 0 Å². The summed E-state index contributed by atoms with van der Waals surface area (Å²) in [5, 5.41) is 13.9. The van der Waals surface area contributed by atoms with Crippen molar-refractivity contribution in [1.82, 2.24) is 5.32 Å². The van der Waals surface area contributed by atoms with Gasteiger partial charge in [0, 0.05) is 19.2 Å². The molecule has 1 aliphatic rings. The Morgan fingerprint density at radius 1 is 1.36 bits per heavy atom. The van der Waals surface area contributed by atoms with Gasteiger partial charge in [0.25, 0.3) is 5.91 Å². The zero-order valence-electron chi connectivity index (χ0n) is 11.8. The van der Waals surface area contributed by atoms with Gasteiger partial charge in [-0.2, -0.15) is 0 Å². The first-order valence-corrected chi connectivity index (χ1v) is 6.61. The minimum atomic E-state index is -1.18. The normalized spacial score (nSPS) is 20.5. The summed E-state index contributed by atoms with van der Waals surface area (Å²) in [4.78, 5) is 34.1. The fourth-order valence-corrected chi connectivity index (χ4v) is 2.21. The molecule has 0 bridgehead atoms. The lowest BCUT2D eigenvalue weighted by Crippen LogP contribution is -2.44. The molecular formula is C14H15FN2O5. The van der Waals surface area contributed by atoms with Crippen LogP contribution < -0.4 is 10.6 Å². The maximum Gasteiger partial charge on any atom is 0.334 e. The van der Waals surface area contributed by atoms with Crippen molar-refractivity contribution in [3.63, 3.8) is 0 Å². The summed E-state index contributed by atoms with van der Waals surface area (Å²) in [6.07, 6.45) is -0.819. The van der Waals surface area contributed by atoms with E-state index in [1.807, 2.05) is 0 Å². The second kappa shape index (κ2) is 6.52. The number of rotatable bonds is 4. The molecule has 0 aromatic heterocycles. The predicted molar refractivity (Wildman–Crippen MR) is 74.0 cm³/mol. The molecule has 2 rings (SSSR count). The highest BCUT2D eigenvalue weighted by atomic mass is 19.1. The SMILES string of the molecule is CC(=O)Nc1ccc(F)c(C(=O)N[C@@H]2CCO[C@@H]2C(=O)O)c1.